The lowest BCUT2D eigenvalue weighted by molar-refractivity contribution is 0.666. The van der Waals surface area contributed by atoms with Crippen molar-refractivity contribution in [2.75, 3.05) is 11.1 Å². The maximum absolute atomic E-state index is 5.92. The Labute approximate surface area is 164 Å². The van der Waals surface area contributed by atoms with Gasteiger partial charge in [0.1, 0.15) is 5.82 Å². The van der Waals surface area contributed by atoms with Crippen molar-refractivity contribution in [1.82, 2.24) is 14.5 Å². The normalized spacial score (nSPS) is 14.4. The Morgan fingerprint density at radius 2 is 2.04 bits per heavy atom. The predicted octanol–water partition coefficient (Wildman–Crippen LogP) is 4.14. The standard InChI is InChI=1S/C22H24N6/c1-2-5-17(10-12-23)28-13-11-15-14-16(8-9-20(15)28)25-21-18-6-3-4-7-19(18)26-22(24)27-21/h2,5,8-14H,1,3-4,6-7,23H2,(H3,24,25,26,27)/b12-10-,17-5+. The summed E-state index contributed by atoms with van der Waals surface area (Å²) in [4.78, 5) is 8.87. The van der Waals surface area contributed by atoms with E-state index < -0.39 is 0 Å². The molecule has 1 aliphatic rings. The fraction of sp³-hybridized carbons (Fsp3) is 0.182. The molecule has 0 bridgehead atoms. The Balaban J connectivity index is 1.70. The van der Waals surface area contributed by atoms with Gasteiger partial charge in [0.2, 0.25) is 5.95 Å². The number of allylic oxidation sites excluding steroid dienone is 4. The van der Waals surface area contributed by atoms with E-state index in [0.717, 1.165) is 59.5 Å². The van der Waals surface area contributed by atoms with E-state index in [1.54, 1.807) is 6.08 Å². The predicted molar refractivity (Wildman–Crippen MR) is 116 cm³/mol. The van der Waals surface area contributed by atoms with E-state index >= 15 is 0 Å². The average molecular weight is 372 g/mol. The van der Waals surface area contributed by atoms with Crippen LogP contribution in [0.5, 0.6) is 0 Å². The van der Waals surface area contributed by atoms with Gasteiger partial charge in [-0.15, -0.1) is 0 Å². The molecule has 4 rings (SSSR count). The zero-order valence-electron chi connectivity index (χ0n) is 15.7. The van der Waals surface area contributed by atoms with Gasteiger partial charge in [0.05, 0.1) is 11.2 Å². The van der Waals surface area contributed by atoms with Gasteiger partial charge in [-0.3, -0.25) is 0 Å². The lowest BCUT2D eigenvalue weighted by atomic mass is 9.96. The van der Waals surface area contributed by atoms with E-state index in [-0.39, 0.29) is 0 Å². The van der Waals surface area contributed by atoms with Gasteiger partial charge in [0.25, 0.3) is 0 Å². The first-order valence-electron chi connectivity index (χ1n) is 9.44. The molecular formula is C22H24N6. The summed E-state index contributed by atoms with van der Waals surface area (Å²) in [5, 5.41) is 4.56. The summed E-state index contributed by atoms with van der Waals surface area (Å²) < 4.78 is 2.08. The molecule has 0 aliphatic heterocycles. The van der Waals surface area contributed by atoms with E-state index in [9.17, 15) is 0 Å². The van der Waals surface area contributed by atoms with Gasteiger partial charge in [-0.25, -0.2) is 4.98 Å². The van der Waals surface area contributed by atoms with Gasteiger partial charge in [-0.1, -0.05) is 12.7 Å². The largest absolute Gasteiger partial charge is 0.405 e. The molecule has 28 heavy (non-hydrogen) atoms. The summed E-state index contributed by atoms with van der Waals surface area (Å²) >= 11 is 0. The summed E-state index contributed by atoms with van der Waals surface area (Å²) in [5.74, 6) is 1.14. The van der Waals surface area contributed by atoms with Crippen molar-refractivity contribution in [3.63, 3.8) is 0 Å². The van der Waals surface area contributed by atoms with Crippen molar-refractivity contribution < 1.29 is 0 Å². The highest BCUT2D eigenvalue weighted by molar-refractivity contribution is 5.88. The zero-order valence-corrected chi connectivity index (χ0v) is 15.7. The summed E-state index contributed by atoms with van der Waals surface area (Å²) in [6.45, 7) is 3.78. The fourth-order valence-electron chi connectivity index (χ4n) is 3.73. The van der Waals surface area contributed by atoms with Crippen LogP contribution in [0, 0.1) is 0 Å². The number of aromatic nitrogens is 3. The van der Waals surface area contributed by atoms with Gasteiger partial charge in [-0.05, 0) is 68.3 Å². The van der Waals surface area contributed by atoms with Gasteiger partial charge in [0.15, 0.2) is 0 Å². The maximum Gasteiger partial charge on any atom is 0.222 e. The number of rotatable bonds is 5. The topological polar surface area (TPSA) is 94.8 Å². The van der Waals surface area contributed by atoms with Crippen LogP contribution in [-0.4, -0.2) is 14.5 Å². The van der Waals surface area contributed by atoms with Gasteiger partial charge in [0, 0.05) is 28.5 Å². The molecule has 6 heteroatoms. The third-order valence-corrected chi connectivity index (χ3v) is 4.99. The third-order valence-electron chi connectivity index (χ3n) is 4.99. The van der Waals surface area contributed by atoms with Crippen LogP contribution in [0.15, 0.2) is 61.5 Å². The second-order valence-electron chi connectivity index (χ2n) is 6.83. The van der Waals surface area contributed by atoms with E-state index in [2.05, 4.69) is 44.6 Å². The zero-order chi connectivity index (χ0) is 19.5. The van der Waals surface area contributed by atoms with E-state index in [1.165, 1.54) is 11.8 Å². The third kappa shape index (κ3) is 3.36. The maximum atomic E-state index is 5.92. The highest BCUT2D eigenvalue weighted by Gasteiger charge is 2.17. The molecule has 6 nitrogen and oxygen atoms in total. The number of nitrogen functional groups attached to an aromatic ring is 1. The number of aryl methyl sites for hydroxylation is 1. The van der Waals surface area contributed by atoms with Crippen LogP contribution >= 0.6 is 0 Å². The summed E-state index contributed by atoms with van der Waals surface area (Å²) in [7, 11) is 0. The first-order valence-corrected chi connectivity index (χ1v) is 9.44. The molecule has 0 spiro atoms. The van der Waals surface area contributed by atoms with Gasteiger partial charge < -0.3 is 21.4 Å². The van der Waals surface area contributed by atoms with Crippen LogP contribution in [0.1, 0.15) is 24.1 Å². The van der Waals surface area contributed by atoms with Crippen molar-refractivity contribution in [3.05, 3.63) is 72.7 Å². The molecule has 2 heterocycles. The number of hydrogen-bond donors (Lipinski definition) is 3. The van der Waals surface area contributed by atoms with Crippen LogP contribution in [0.4, 0.5) is 17.5 Å². The molecule has 1 aliphatic carbocycles. The summed E-state index contributed by atoms with van der Waals surface area (Å²) in [6, 6.07) is 8.31. The second kappa shape index (κ2) is 7.60. The van der Waals surface area contributed by atoms with Crippen molar-refractivity contribution in [2.24, 2.45) is 5.73 Å². The van der Waals surface area contributed by atoms with Crippen LogP contribution in [0.2, 0.25) is 0 Å². The highest BCUT2D eigenvalue weighted by atomic mass is 15.1. The van der Waals surface area contributed by atoms with Crippen molar-refractivity contribution in [1.29, 1.82) is 0 Å². The second-order valence-corrected chi connectivity index (χ2v) is 6.83. The van der Waals surface area contributed by atoms with Gasteiger partial charge >= 0.3 is 0 Å². The molecule has 3 aromatic rings. The Bertz CT molecular complexity index is 1090. The molecule has 0 saturated heterocycles. The van der Waals surface area contributed by atoms with Crippen LogP contribution in [0.3, 0.4) is 0 Å². The molecule has 0 amide bonds. The van der Waals surface area contributed by atoms with E-state index in [4.69, 9.17) is 11.5 Å². The Morgan fingerprint density at radius 3 is 2.86 bits per heavy atom. The molecule has 142 valence electrons. The highest BCUT2D eigenvalue weighted by Crippen LogP contribution is 2.30. The SMILES string of the molecule is C=C/C=C(\C=C/N)n1ccc2cc(Nc3nc(N)nc4c3CCCC4)ccc21. The van der Waals surface area contributed by atoms with Crippen LogP contribution in [-0.2, 0) is 12.8 Å². The van der Waals surface area contributed by atoms with Crippen molar-refractivity contribution in [3.8, 4) is 0 Å². The number of hydrogen-bond acceptors (Lipinski definition) is 5. The van der Waals surface area contributed by atoms with Crippen LogP contribution < -0.4 is 16.8 Å². The van der Waals surface area contributed by atoms with Crippen molar-refractivity contribution in [2.45, 2.75) is 25.7 Å². The number of anilines is 3. The Hall–Kier alpha value is -3.54. The first kappa shape index (κ1) is 17.9. The molecule has 0 unspecified atom stereocenters. The summed E-state index contributed by atoms with van der Waals surface area (Å²) in [6.07, 6.45) is 13.3. The molecular weight excluding hydrogens is 348 g/mol. The lowest BCUT2D eigenvalue weighted by Gasteiger charge is -2.19. The van der Waals surface area contributed by atoms with E-state index in [1.807, 2.05) is 24.4 Å². The number of fused-ring (bicyclic) bond motifs is 2. The monoisotopic (exact) mass is 372 g/mol. The number of nitrogens with one attached hydrogen (secondary N) is 1. The minimum absolute atomic E-state index is 0.322. The number of nitrogens with two attached hydrogens (primary N) is 2. The Morgan fingerprint density at radius 1 is 1.18 bits per heavy atom. The molecule has 5 N–H and O–H groups in total. The molecule has 0 radical (unpaired) electrons. The minimum Gasteiger partial charge on any atom is -0.405 e. The van der Waals surface area contributed by atoms with E-state index in [0.29, 0.717) is 5.95 Å². The summed E-state index contributed by atoms with van der Waals surface area (Å²) in [5.41, 5.74) is 16.8. The van der Waals surface area contributed by atoms with Crippen LogP contribution in [0.25, 0.3) is 16.6 Å². The van der Waals surface area contributed by atoms with Gasteiger partial charge in [-0.2, -0.15) is 4.98 Å². The average Bonchev–Trinajstić information content (AvgIpc) is 3.11. The fourth-order valence-corrected chi connectivity index (χ4v) is 3.73. The quantitative estimate of drug-likeness (QED) is 0.585. The molecule has 0 atom stereocenters. The molecule has 2 aromatic heterocycles. The Kier molecular flexibility index (Phi) is 4.85. The lowest BCUT2D eigenvalue weighted by Crippen LogP contribution is -2.12. The smallest absolute Gasteiger partial charge is 0.222 e. The molecule has 1 aromatic carbocycles. The minimum atomic E-state index is 0.322. The molecule has 0 fully saturated rings. The number of benzene rings is 1. The molecule has 0 saturated carbocycles. The van der Waals surface area contributed by atoms with Crippen molar-refractivity contribution >= 4 is 34.1 Å². The number of nitrogens with zero attached hydrogens (tertiary/aromatic N) is 3. The first-order chi connectivity index (χ1) is 13.7.